The number of aryl methyl sites for hydroxylation is 1. The summed E-state index contributed by atoms with van der Waals surface area (Å²) in [6.07, 6.45) is -0.979. The van der Waals surface area contributed by atoms with Gasteiger partial charge >= 0.3 is 7.82 Å². The van der Waals surface area contributed by atoms with Gasteiger partial charge in [-0.1, -0.05) is 0 Å². The molecule has 9 heteroatoms. The number of nitrogens with zero attached hydrogens (tertiary/aromatic N) is 1. The van der Waals surface area contributed by atoms with Gasteiger partial charge in [-0.2, -0.15) is 0 Å². The molecule has 1 aromatic heterocycles. The van der Waals surface area contributed by atoms with E-state index in [4.69, 9.17) is 19.6 Å². The SMILES string of the molecule is Cc1ccn([C@H]2C[C@H](OP(=O)(O)O)[C@@H](CO)O2)c(=O)c1. The van der Waals surface area contributed by atoms with Crippen LogP contribution in [0, 0.1) is 6.92 Å². The molecule has 0 spiro atoms. The normalized spacial score (nSPS) is 26.9. The van der Waals surface area contributed by atoms with Crippen molar-refractivity contribution >= 4 is 7.82 Å². The molecule has 0 bridgehead atoms. The summed E-state index contributed by atoms with van der Waals surface area (Å²) in [5.74, 6) is 0. The lowest BCUT2D eigenvalue weighted by Gasteiger charge is -2.16. The minimum Gasteiger partial charge on any atom is -0.394 e. The van der Waals surface area contributed by atoms with Crippen LogP contribution in [0.2, 0.25) is 0 Å². The summed E-state index contributed by atoms with van der Waals surface area (Å²) < 4.78 is 22.2. The molecule has 2 heterocycles. The first-order valence-corrected chi connectivity index (χ1v) is 7.52. The fourth-order valence-electron chi connectivity index (χ4n) is 2.15. The van der Waals surface area contributed by atoms with Crippen LogP contribution in [-0.2, 0) is 13.8 Å². The predicted octanol–water partition coefficient (Wildman–Crippen LogP) is -0.0856. The molecule has 0 aliphatic carbocycles. The first kappa shape index (κ1) is 15.4. The van der Waals surface area contributed by atoms with Gasteiger partial charge in [-0.25, -0.2) is 4.57 Å². The lowest BCUT2D eigenvalue weighted by molar-refractivity contribution is -0.0448. The van der Waals surface area contributed by atoms with E-state index in [1.165, 1.54) is 16.8 Å². The topological polar surface area (TPSA) is 118 Å². The van der Waals surface area contributed by atoms with E-state index in [1.807, 2.05) is 0 Å². The second-order valence-corrected chi connectivity index (χ2v) is 5.82. The number of phosphoric ester groups is 1. The highest BCUT2D eigenvalue weighted by molar-refractivity contribution is 7.46. The summed E-state index contributed by atoms with van der Waals surface area (Å²) in [6.45, 7) is 1.32. The summed E-state index contributed by atoms with van der Waals surface area (Å²) in [7, 11) is -4.68. The Labute approximate surface area is 114 Å². The molecule has 1 saturated heterocycles. The molecule has 3 atom stereocenters. The standard InChI is InChI=1S/C11H16NO7P/c1-7-2-3-12(10(14)4-7)11-5-8(9(6-13)18-11)19-20(15,16)17/h2-4,8-9,11,13H,5-6H2,1H3,(H2,15,16,17)/t8-,9+,11+/m0/s1. The zero-order valence-corrected chi connectivity index (χ0v) is 11.6. The molecule has 2 rings (SSSR count). The van der Waals surface area contributed by atoms with E-state index in [2.05, 4.69) is 4.52 Å². The van der Waals surface area contributed by atoms with Crippen molar-refractivity contribution in [2.75, 3.05) is 6.61 Å². The highest BCUT2D eigenvalue weighted by Gasteiger charge is 2.40. The van der Waals surface area contributed by atoms with Gasteiger partial charge in [0.05, 0.1) is 6.61 Å². The molecular weight excluding hydrogens is 289 g/mol. The van der Waals surface area contributed by atoms with Gasteiger partial charge < -0.3 is 19.6 Å². The number of hydrogen-bond donors (Lipinski definition) is 3. The van der Waals surface area contributed by atoms with Crippen LogP contribution in [0.25, 0.3) is 0 Å². The monoisotopic (exact) mass is 305 g/mol. The number of hydrogen-bond acceptors (Lipinski definition) is 5. The maximum Gasteiger partial charge on any atom is 0.469 e. The molecule has 0 saturated carbocycles. The maximum absolute atomic E-state index is 11.8. The molecule has 3 N–H and O–H groups in total. The highest BCUT2D eigenvalue weighted by atomic mass is 31.2. The summed E-state index contributed by atoms with van der Waals surface area (Å²) in [4.78, 5) is 29.5. The van der Waals surface area contributed by atoms with Gasteiger partial charge in [0.1, 0.15) is 18.4 Å². The quantitative estimate of drug-likeness (QED) is 0.665. The van der Waals surface area contributed by atoms with Crippen LogP contribution in [0.1, 0.15) is 18.2 Å². The van der Waals surface area contributed by atoms with Crippen LogP contribution in [0.3, 0.4) is 0 Å². The third-order valence-electron chi connectivity index (χ3n) is 3.05. The number of phosphoric acid groups is 1. The number of pyridine rings is 1. The van der Waals surface area contributed by atoms with E-state index in [-0.39, 0.29) is 12.0 Å². The van der Waals surface area contributed by atoms with Crippen LogP contribution in [0.5, 0.6) is 0 Å². The molecule has 20 heavy (non-hydrogen) atoms. The molecule has 112 valence electrons. The Morgan fingerprint density at radius 3 is 2.80 bits per heavy atom. The Hall–Kier alpha value is -1.02. The van der Waals surface area contributed by atoms with Crippen molar-refractivity contribution < 1.29 is 28.7 Å². The van der Waals surface area contributed by atoms with E-state index in [1.54, 1.807) is 13.0 Å². The first-order valence-electron chi connectivity index (χ1n) is 5.99. The van der Waals surface area contributed by atoms with Crippen LogP contribution in [0.15, 0.2) is 23.1 Å². The highest BCUT2D eigenvalue weighted by Crippen LogP contribution is 2.43. The summed E-state index contributed by atoms with van der Waals surface area (Å²) in [5, 5.41) is 9.17. The van der Waals surface area contributed by atoms with Gasteiger partial charge in [0, 0.05) is 18.7 Å². The third kappa shape index (κ3) is 3.54. The number of rotatable bonds is 4. The second-order valence-electron chi connectivity index (χ2n) is 4.63. The Balaban J connectivity index is 2.20. The predicted molar refractivity (Wildman–Crippen MR) is 68.0 cm³/mol. The van der Waals surface area contributed by atoms with E-state index in [0.717, 1.165) is 5.56 Å². The molecule has 0 aromatic carbocycles. The molecule has 1 aliphatic heterocycles. The molecule has 0 unspecified atom stereocenters. The van der Waals surface area contributed by atoms with Gasteiger partial charge in [0.2, 0.25) is 0 Å². The van der Waals surface area contributed by atoms with Crippen LogP contribution >= 0.6 is 7.82 Å². The van der Waals surface area contributed by atoms with Crippen molar-refractivity contribution in [3.63, 3.8) is 0 Å². The van der Waals surface area contributed by atoms with Crippen molar-refractivity contribution in [1.29, 1.82) is 0 Å². The number of aromatic nitrogens is 1. The largest absolute Gasteiger partial charge is 0.469 e. The van der Waals surface area contributed by atoms with Crippen molar-refractivity contribution in [3.8, 4) is 0 Å². The minimum absolute atomic E-state index is 0.0688. The van der Waals surface area contributed by atoms with Crippen LogP contribution < -0.4 is 5.56 Å². The van der Waals surface area contributed by atoms with E-state index in [0.29, 0.717) is 0 Å². The Kier molecular flexibility index (Phi) is 4.43. The van der Waals surface area contributed by atoms with Gasteiger partial charge in [0.25, 0.3) is 5.56 Å². The first-order chi connectivity index (χ1) is 9.30. The number of ether oxygens (including phenoxy) is 1. The molecule has 1 fully saturated rings. The lowest BCUT2D eigenvalue weighted by Crippen LogP contribution is -2.27. The zero-order valence-electron chi connectivity index (χ0n) is 10.7. The van der Waals surface area contributed by atoms with Crippen molar-refractivity contribution in [2.45, 2.75) is 31.8 Å². The van der Waals surface area contributed by atoms with Crippen molar-refractivity contribution in [3.05, 3.63) is 34.2 Å². The van der Waals surface area contributed by atoms with Gasteiger partial charge in [-0.15, -0.1) is 0 Å². The molecule has 0 radical (unpaired) electrons. The van der Waals surface area contributed by atoms with Gasteiger partial charge in [-0.05, 0) is 18.6 Å². The Bertz CT molecular complexity index is 580. The fraction of sp³-hybridized carbons (Fsp3) is 0.545. The van der Waals surface area contributed by atoms with E-state index >= 15 is 0 Å². The average molecular weight is 305 g/mol. The molecule has 8 nitrogen and oxygen atoms in total. The van der Waals surface area contributed by atoms with Gasteiger partial charge in [0.15, 0.2) is 0 Å². The maximum atomic E-state index is 11.8. The molecule has 0 amide bonds. The number of aliphatic hydroxyl groups excluding tert-OH is 1. The Morgan fingerprint density at radius 1 is 1.55 bits per heavy atom. The summed E-state index contributed by atoms with van der Waals surface area (Å²) >= 11 is 0. The van der Waals surface area contributed by atoms with E-state index < -0.39 is 32.9 Å². The Morgan fingerprint density at radius 2 is 2.25 bits per heavy atom. The minimum atomic E-state index is -4.68. The molecule has 1 aliphatic rings. The van der Waals surface area contributed by atoms with E-state index in [9.17, 15) is 9.36 Å². The second kappa shape index (κ2) is 5.77. The van der Waals surface area contributed by atoms with Crippen LogP contribution in [0.4, 0.5) is 0 Å². The van der Waals surface area contributed by atoms with Gasteiger partial charge in [-0.3, -0.25) is 13.9 Å². The average Bonchev–Trinajstić information content (AvgIpc) is 2.69. The van der Waals surface area contributed by atoms with Crippen LogP contribution in [-0.4, -0.2) is 38.3 Å². The smallest absolute Gasteiger partial charge is 0.394 e. The zero-order chi connectivity index (χ0) is 14.9. The number of aliphatic hydroxyl groups is 1. The molecular formula is C11H16NO7P. The fourth-order valence-corrected chi connectivity index (χ4v) is 2.72. The van der Waals surface area contributed by atoms with Crippen molar-refractivity contribution in [1.82, 2.24) is 4.57 Å². The summed E-state index contributed by atoms with van der Waals surface area (Å²) in [5.41, 5.74) is 0.509. The lowest BCUT2D eigenvalue weighted by atomic mass is 10.2. The molecule has 1 aromatic rings. The summed E-state index contributed by atoms with van der Waals surface area (Å²) in [6, 6.07) is 3.14. The third-order valence-corrected chi connectivity index (χ3v) is 3.59. The van der Waals surface area contributed by atoms with Crippen molar-refractivity contribution in [2.24, 2.45) is 0 Å².